The lowest BCUT2D eigenvalue weighted by Gasteiger charge is -2.26. The zero-order valence-electron chi connectivity index (χ0n) is 10.9. The Hall–Kier alpha value is -1.00. The van der Waals surface area contributed by atoms with Gasteiger partial charge >= 0.3 is 0 Å². The molecule has 0 radical (unpaired) electrons. The summed E-state index contributed by atoms with van der Waals surface area (Å²) in [6.07, 6.45) is 6.25. The third-order valence-corrected chi connectivity index (χ3v) is 3.72. The number of hydrogen-bond acceptors (Lipinski definition) is 4. The predicted octanol–water partition coefficient (Wildman–Crippen LogP) is 2.22. The second-order valence-corrected chi connectivity index (χ2v) is 4.93. The Kier molecular flexibility index (Phi) is 3.45. The van der Waals surface area contributed by atoms with Crippen molar-refractivity contribution in [3.05, 3.63) is 23.3 Å². The number of rotatable bonds is 3. The minimum Gasteiger partial charge on any atom is -0.370 e. The fourth-order valence-electron chi connectivity index (χ4n) is 2.61. The number of nitrogens with two attached hydrogens (primary N) is 1. The van der Waals surface area contributed by atoms with E-state index in [-0.39, 0.29) is 11.6 Å². The van der Waals surface area contributed by atoms with E-state index in [4.69, 9.17) is 10.5 Å². The normalized spacial score (nSPS) is 20.5. The fraction of sp³-hybridized carbons (Fsp3) is 0.692. The second kappa shape index (κ2) is 4.70. The molecule has 1 atom stereocenters. The topological polar surface area (TPSA) is 61.0 Å². The summed E-state index contributed by atoms with van der Waals surface area (Å²) >= 11 is 0. The molecule has 0 amide bonds. The van der Waals surface area contributed by atoms with Crippen LogP contribution in [-0.2, 0) is 10.3 Å². The van der Waals surface area contributed by atoms with Crippen LogP contribution in [-0.4, -0.2) is 17.1 Å². The van der Waals surface area contributed by atoms with Gasteiger partial charge in [0.05, 0.1) is 0 Å². The molecule has 1 fully saturated rings. The highest BCUT2D eigenvalue weighted by atomic mass is 16.5. The first-order chi connectivity index (χ1) is 8.09. The Balaban J connectivity index is 2.36. The molecule has 1 aliphatic carbocycles. The van der Waals surface area contributed by atoms with Crippen LogP contribution in [0.5, 0.6) is 0 Å². The zero-order chi connectivity index (χ0) is 12.5. The van der Waals surface area contributed by atoms with E-state index in [9.17, 15) is 0 Å². The van der Waals surface area contributed by atoms with Gasteiger partial charge in [-0.05, 0) is 39.5 Å². The third kappa shape index (κ3) is 2.19. The fourth-order valence-corrected chi connectivity index (χ4v) is 2.61. The highest BCUT2D eigenvalue weighted by Gasteiger charge is 2.38. The van der Waals surface area contributed by atoms with E-state index in [2.05, 4.69) is 9.97 Å². The van der Waals surface area contributed by atoms with Crippen LogP contribution >= 0.6 is 0 Å². The van der Waals surface area contributed by atoms with E-state index in [0.717, 1.165) is 29.9 Å². The molecule has 1 heterocycles. The van der Waals surface area contributed by atoms with Gasteiger partial charge in [-0.15, -0.1) is 0 Å². The van der Waals surface area contributed by atoms with Gasteiger partial charge in [0, 0.05) is 30.6 Å². The molecule has 94 valence electrons. The summed E-state index contributed by atoms with van der Waals surface area (Å²) in [5.74, 6) is 0.819. The first-order valence-electron chi connectivity index (χ1n) is 6.24. The van der Waals surface area contributed by atoms with Crippen molar-refractivity contribution in [3.63, 3.8) is 0 Å². The Bertz CT molecular complexity index is 398. The average Bonchev–Trinajstić information content (AvgIpc) is 2.78. The van der Waals surface area contributed by atoms with Gasteiger partial charge in [-0.3, -0.25) is 0 Å². The van der Waals surface area contributed by atoms with Crippen molar-refractivity contribution >= 4 is 0 Å². The monoisotopic (exact) mass is 235 g/mol. The zero-order valence-corrected chi connectivity index (χ0v) is 10.9. The minimum atomic E-state index is -0.263. The highest BCUT2D eigenvalue weighted by Crippen LogP contribution is 2.40. The smallest absolute Gasteiger partial charge is 0.160 e. The molecule has 0 aliphatic heterocycles. The summed E-state index contributed by atoms with van der Waals surface area (Å²) in [7, 11) is 1.75. The average molecular weight is 235 g/mol. The first kappa shape index (κ1) is 12.5. The van der Waals surface area contributed by atoms with Gasteiger partial charge in [-0.1, -0.05) is 0 Å². The van der Waals surface area contributed by atoms with Crippen molar-refractivity contribution in [1.29, 1.82) is 0 Å². The molecule has 4 nitrogen and oxygen atoms in total. The summed E-state index contributed by atoms with van der Waals surface area (Å²) in [6, 6.07) is -0.0221. The van der Waals surface area contributed by atoms with Crippen molar-refractivity contribution in [2.75, 3.05) is 7.11 Å². The summed E-state index contributed by atoms with van der Waals surface area (Å²) in [5, 5.41) is 0. The molecule has 2 N–H and O–H groups in total. The Morgan fingerprint density at radius 3 is 2.53 bits per heavy atom. The molecule has 1 saturated carbocycles. The standard InChI is InChI=1S/C13H21N3O/c1-9(14)11-8-15-12(16-10(11)2)13(17-3)6-4-5-7-13/h8-9H,4-7,14H2,1-3H3. The Labute approximate surface area is 103 Å². The van der Waals surface area contributed by atoms with Gasteiger partial charge in [0.25, 0.3) is 0 Å². The van der Waals surface area contributed by atoms with Crippen molar-refractivity contribution in [1.82, 2.24) is 9.97 Å². The van der Waals surface area contributed by atoms with Gasteiger partial charge < -0.3 is 10.5 Å². The van der Waals surface area contributed by atoms with Crippen molar-refractivity contribution in [2.24, 2.45) is 5.73 Å². The molecule has 4 heteroatoms. The van der Waals surface area contributed by atoms with Crippen molar-refractivity contribution < 1.29 is 4.74 Å². The highest BCUT2D eigenvalue weighted by molar-refractivity contribution is 5.21. The Morgan fingerprint density at radius 2 is 2.06 bits per heavy atom. The number of nitrogens with zero attached hydrogens (tertiary/aromatic N) is 2. The molecule has 0 aromatic carbocycles. The Morgan fingerprint density at radius 1 is 1.41 bits per heavy atom. The van der Waals surface area contributed by atoms with Gasteiger partial charge in [-0.2, -0.15) is 0 Å². The van der Waals surface area contributed by atoms with E-state index in [1.54, 1.807) is 7.11 Å². The van der Waals surface area contributed by atoms with E-state index in [1.807, 2.05) is 20.0 Å². The summed E-state index contributed by atoms with van der Waals surface area (Å²) in [6.45, 7) is 3.94. The number of aromatic nitrogens is 2. The van der Waals surface area contributed by atoms with Gasteiger partial charge in [0.2, 0.25) is 0 Å². The van der Waals surface area contributed by atoms with Crippen LogP contribution in [0.15, 0.2) is 6.20 Å². The van der Waals surface area contributed by atoms with Crippen LogP contribution in [0, 0.1) is 6.92 Å². The molecule has 17 heavy (non-hydrogen) atoms. The molecule has 2 rings (SSSR count). The van der Waals surface area contributed by atoms with Gasteiger partial charge in [0.15, 0.2) is 5.82 Å². The first-order valence-corrected chi connectivity index (χ1v) is 6.24. The summed E-state index contributed by atoms with van der Waals surface area (Å²) in [5.41, 5.74) is 7.59. The molecular weight excluding hydrogens is 214 g/mol. The van der Waals surface area contributed by atoms with Crippen LogP contribution in [0.3, 0.4) is 0 Å². The van der Waals surface area contributed by atoms with Crippen LogP contribution in [0.25, 0.3) is 0 Å². The number of aryl methyl sites for hydroxylation is 1. The van der Waals surface area contributed by atoms with E-state index in [0.29, 0.717) is 0 Å². The molecule has 0 saturated heterocycles. The molecule has 1 aromatic rings. The summed E-state index contributed by atoms with van der Waals surface area (Å²) in [4.78, 5) is 9.07. The number of methoxy groups -OCH3 is 1. The summed E-state index contributed by atoms with van der Waals surface area (Å²) < 4.78 is 5.68. The number of hydrogen-bond donors (Lipinski definition) is 1. The van der Waals surface area contributed by atoms with Crippen LogP contribution in [0.4, 0.5) is 0 Å². The van der Waals surface area contributed by atoms with Gasteiger partial charge in [-0.25, -0.2) is 9.97 Å². The van der Waals surface area contributed by atoms with Crippen LogP contribution in [0.1, 0.15) is 55.7 Å². The molecule has 1 aromatic heterocycles. The lowest BCUT2D eigenvalue weighted by Crippen LogP contribution is -2.28. The van der Waals surface area contributed by atoms with E-state index in [1.165, 1.54) is 12.8 Å². The SMILES string of the molecule is COC1(c2ncc(C(C)N)c(C)n2)CCCC1. The van der Waals surface area contributed by atoms with Crippen molar-refractivity contribution in [2.45, 2.75) is 51.2 Å². The minimum absolute atomic E-state index is 0.0221. The molecule has 1 aliphatic rings. The molecule has 0 spiro atoms. The number of ether oxygens (including phenoxy) is 1. The van der Waals surface area contributed by atoms with Crippen molar-refractivity contribution in [3.8, 4) is 0 Å². The maximum Gasteiger partial charge on any atom is 0.160 e. The largest absolute Gasteiger partial charge is 0.370 e. The molecule has 0 bridgehead atoms. The van der Waals surface area contributed by atoms with Crippen LogP contribution in [0.2, 0.25) is 0 Å². The maximum atomic E-state index is 5.87. The predicted molar refractivity (Wildman–Crippen MR) is 66.5 cm³/mol. The molecule has 1 unspecified atom stereocenters. The quantitative estimate of drug-likeness (QED) is 0.872. The lowest BCUT2D eigenvalue weighted by atomic mass is 10.00. The van der Waals surface area contributed by atoms with E-state index < -0.39 is 0 Å². The van der Waals surface area contributed by atoms with Gasteiger partial charge in [0.1, 0.15) is 5.60 Å². The van der Waals surface area contributed by atoms with Crippen LogP contribution < -0.4 is 5.73 Å². The third-order valence-electron chi connectivity index (χ3n) is 3.72. The lowest BCUT2D eigenvalue weighted by molar-refractivity contribution is -0.0164. The maximum absolute atomic E-state index is 5.87. The second-order valence-electron chi connectivity index (χ2n) is 4.93. The molecular formula is C13H21N3O. The van der Waals surface area contributed by atoms with E-state index >= 15 is 0 Å².